The third kappa shape index (κ3) is 4.39. The van der Waals surface area contributed by atoms with Crippen molar-refractivity contribution in [1.82, 2.24) is 20.1 Å². The molecule has 1 aliphatic heterocycles. The standard InChI is InChI=1S/C26H23N5O2/c32-24-10-5-15-30(24)23-9-4-6-20(16-23)26(33)28-17-21-18-31(22-7-2-1-3-8-22)29-25(21)19-11-13-27-14-12-19/h1-4,6-9,11-14,16,18H,5,10,15,17H2,(H,28,33). The number of anilines is 1. The quantitative estimate of drug-likeness (QED) is 0.495. The summed E-state index contributed by atoms with van der Waals surface area (Å²) in [5, 5.41) is 7.78. The van der Waals surface area contributed by atoms with E-state index in [1.165, 1.54) is 0 Å². The van der Waals surface area contributed by atoms with Crippen molar-refractivity contribution in [3.8, 4) is 16.9 Å². The highest BCUT2D eigenvalue weighted by molar-refractivity contribution is 5.99. The van der Waals surface area contributed by atoms with Gasteiger partial charge in [0.2, 0.25) is 5.91 Å². The predicted octanol–water partition coefficient (Wildman–Crippen LogP) is 3.99. The number of hydrogen-bond acceptors (Lipinski definition) is 4. The molecule has 0 atom stereocenters. The Hall–Kier alpha value is -4.26. The summed E-state index contributed by atoms with van der Waals surface area (Å²) in [5.74, 6) is -0.0977. The molecule has 4 aromatic rings. The number of hydrogen-bond donors (Lipinski definition) is 1. The summed E-state index contributed by atoms with van der Waals surface area (Å²) in [7, 11) is 0. The van der Waals surface area contributed by atoms with Crippen LogP contribution in [0.15, 0.2) is 85.3 Å². The smallest absolute Gasteiger partial charge is 0.251 e. The highest BCUT2D eigenvalue weighted by Gasteiger charge is 2.22. The number of benzene rings is 2. The van der Waals surface area contributed by atoms with E-state index >= 15 is 0 Å². The summed E-state index contributed by atoms with van der Waals surface area (Å²) in [5.41, 5.74) is 4.83. The van der Waals surface area contributed by atoms with E-state index in [1.54, 1.807) is 29.4 Å². The Morgan fingerprint density at radius 3 is 2.52 bits per heavy atom. The first-order valence-electron chi connectivity index (χ1n) is 10.9. The number of para-hydroxylation sites is 1. The number of rotatable bonds is 6. The zero-order valence-electron chi connectivity index (χ0n) is 18.0. The molecule has 0 unspecified atom stereocenters. The molecule has 1 N–H and O–H groups in total. The Balaban J connectivity index is 1.38. The number of carbonyl (C=O) groups excluding carboxylic acids is 2. The lowest BCUT2D eigenvalue weighted by molar-refractivity contribution is -0.117. The van der Waals surface area contributed by atoms with Crippen molar-refractivity contribution in [2.24, 2.45) is 0 Å². The second-order valence-electron chi connectivity index (χ2n) is 7.90. The highest BCUT2D eigenvalue weighted by Crippen LogP contribution is 2.24. The molecule has 0 saturated carbocycles. The second kappa shape index (κ2) is 9.08. The topological polar surface area (TPSA) is 80.1 Å². The van der Waals surface area contributed by atoms with Gasteiger partial charge in [0.15, 0.2) is 0 Å². The molecule has 0 spiro atoms. The predicted molar refractivity (Wildman–Crippen MR) is 126 cm³/mol. The molecule has 0 radical (unpaired) electrons. The largest absolute Gasteiger partial charge is 0.348 e. The van der Waals surface area contributed by atoms with Crippen LogP contribution in [0.4, 0.5) is 5.69 Å². The molecule has 2 aromatic carbocycles. The van der Waals surface area contributed by atoms with E-state index in [-0.39, 0.29) is 11.8 Å². The van der Waals surface area contributed by atoms with Gasteiger partial charge in [0.25, 0.3) is 5.91 Å². The summed E-state index contributed by atoms with van der Waals surface area (Å²) in [6, 6.07) is 20.9. The van der Waals surface area contributed by atoms with Gasteiger partial charge in [-0.05, 0) is 48.9 Å². The minimum atomic E-state index is -0.198. The number of nitrogens with one attached hydrogen (secondary N) is 1. The number of amides is 2. The van der Waals surface area contributed by atoms with Crippen molar-refractivity contribution in [2.45, 2.75) is 19.4 Å². The second-order valence-corrected chi connectivity index (χ2v) is 7.90. The van der Waals surface area contributed by atoms with Gasteiger partial charge < -0.3 is 10.2 Å². The molecule has 1 saturated heterocycles. The first kappa shape index (κ1) is 20.6. The molecule has 3 heterocycles. The molecule has 2 amide bonds. The average Bonchev–Trinajstić information content (AvgIpc) is 3.50. The molecule has 33 heavy (non-hydrogen) atoms. The molecule has 164 valence electrons. The first-order valence-corrected chi connectivity index (χ1v) is 10.9. The number of aromatic nitrogens is 3. The fourth-order valence-corrected chi connectivity index (χ4v) is 4.02. The van der Waals surface area contributed by atoms with Gasteiger partial charge in [0.05, 0.1) is 11.4 Å². The lowest BCUT2D eigenvalue weighted by Gasteiger charge is -2.16. The average molecular weight is 438 g/mol. The summed E-state index contributed by atoms with van der Waals surface area (Å²) in [6.45, 7) is 1.01. The van der Waals surface area contributed by atoms with Gasteiger partial charge in [-0.15, -0.1) is 0 Å². The molecular formula is C26H23N5O2. The van der Waals surface area contributed by atoms with Crippen molar-refractivity contribution in [3.63, 3.8) is 0 Å². The molecule has 0 aliphatic carbocycles. The Labute approximate surface area is 191 Å². The van der Waals surface area contributed by atoms with Gasteiger partial charge in [0.1, 0.15) is 0 Å². The Bertz CT molecular complexity index is 1280. The van der Waals surface area contributed by atoms with Crippen molar-refractivity contribution in [2.75, 3.05) is 11.4 Å². The summed E-state index contributed by atoms with van der Waals surface area (Å²) < 4.78 is 1.82. The molecule has 2 aromatic heterocycles. The van der Waals surface area contributed by atoms with Gasteiger partial charge in [-0.1, -0.05) is 24.3 Å². The van der Waals surface area contributed by atoms with Gasteiger partial charge in [-0.2, -0.15) is 5.10 Å². The third-order valence-corrected chi connectivity index (χ3v) is 5.70. The van der Waals surface area contributed by atoms with Crippen LogP contribution in [0.25, 0.3) is 16.9 Å². The van der Waals surface area contributed by atoms with Crippen LogP contribution >= 0.6 is 0 Å². The van der Waals surface area contributed by atoms with E-state index < -0.39 is 0 Å². The maximum atomic E-state index is 12.9. The molecular weight excluding hydrogens is 414 g/mol. The van der Waals surface area contributed by atoms with E-state index in [0.29, 0.717) is 25.1 Å². The maximum absolute atomic E-state index is 12.9. The van der Waals surface area contributed by atoms with E-state index in [1.807, 2.05) is 65.5 Å². The Kier molecular flexibility index (Phi) is 5.68. The van der Waals surface area contributed by atoms with Crippen molar-refractivity contribution >= 4 is 17.5 Å². The zero-order valence-corrected chi connectivity index (χ0v) is 18.0. The lowest BCUT2D eigenvalue weighted by atomic mass is 10.1. The summed E-state index contributed by atoms with van der Waals surface area (Å²) in [6.07, 6.45) is 6.79. The van der Waals surface area contributed by atoms with Crippen molar-refractivity contribution < 1.29 is 9.59 Å². The van der Waals surface area contributed by atoms with Crippen LogP contribution in [0, 0.1) is 0 Å². The van der Waals surface area contributed by atoms with Crippen LogP contribution < -0.4 is 10.2 Å². The molecule has 7 nitrogen and oxygen atoms in total. The minimum Gasteiger partial charge on any atom is -0.348 e. The monoisotopic (exact) mass is 437 g/mol. The fraction of sp³-hybridized carbons (Fsp3) is 0.154. The normalized spacial score (nSPS) is 13.3. The first-order chi connectivity index (χ1) is 16.2. The SMILES string of the molecule is O=C(NCc1cn(-c2ccccc2)nc1-c1ccncc1)c1cccc(N2CCCC2=O)c1. The van der Waals surface area contributed by atoms with Gasteiger partial charge in [-0.25, -0.2) is 4.68 Å². The maximum Gasteiger partial charge on any atom is 0.251 e. The fourth-order valence-electron chi connectivity index (χ4n) is 4.02. The van der Waals surface area contributed by atoms with E-state index in [2.05, 4.69) is 10.3 Å². The van der Waals surface area contributed by atoms with Crippen LogP contribution in [0.5, 0.6) is 0 Å². The number of pyridine rings is 1. The van der Waals surface area contributed by atoms with E-state index in [9.17, 15) is 9.59 Å². The van der Waals surface area contributed by atoms with Crippen molar-refractivity contribution in [3.05, 3.63) is 96.4 Å². The molecule has 1 aliphatic rings. The Morgan fingerprint density at radius 2 is 1.76 bits per heavy atom. The van der Waals surface area contributed by atoms with E-state index in [4.69, 9.17) is 5.10 Å². The molecule has 7 heteroatoms. The van der Waals surface area contributed by atoms with Crippen LogP contribution in [-0.2, 0) is 11.3 Å². The van der Waals surface area contributed by atoms with Crippen molar-refractivity contribution in [1.29, 1.82) is 0 Å². The van der Waals surface area contributed by atoms with Crippen LogP contribution in [-0.4, -0.2) is 33.1 Å². The third-order valence-electron chi connectivity index (χ3n) is 5.70. The van der Waals surface area contributed by atoms with Crippen LogP contribution in [0.1, 0.15) is 28.8 Å². The minimum absolute atomic E-state index is 0.0999. The number of carbonyl (C=O) groups is 2. The summed E-state index contributed by atoms with van der Waals surface area (Å²) in [4.78, 5) is 30.8. The summed E-state index contributed by atoms with van der Waals surface area (Å²) >= 11 is 0. The van der Waals surface area contributed by atoms with Gasteiger partial charge in [0, 0.05) is 60.5 Å². The Morgan fingerprint density at radius 1 is 0.970 bits per heavy atom. The van der Waals surface area contributed by atoms with Crippen LogP contribution in [0.3, 0.4) is 0 Å². The van der Waals surface area contributed by atoms with E-state index in [0.717, 1.165) is 34.6 Å². The molecule has 5 rings (SSSR count). The highest BCUT2D eigenvalue weighted by atomic mass is 16.2. The zero-order chi connectivity index (χ0) is 22.6. The molecule has 1 fully saturated rings. The van der Waals surface area contributed by atoms with Gasteiger partial charge in [-0.3, -0.25) is 14.6 Å². The lowest BCUT2D eigenvalue weighted by Crippen LogP contribution is -2.25. The van der Waals surface area contributed by atoms with Crippen LogP contribution in [0.2, 0.25) is 0 Å². The number of nitrogens with zero attached hydrogens (tertiary/aromatic N) is 4. The van der Waals surface area contributed by atoms with Gasteiger partial charge >= 0.3 is 0 Å². The molecule has 0 bridgehead atoms.